The number of nitrogens with zero attached hydrogens (tertiary/aromatic N) is 1. The number of amides is 1. The van der Waals surface area contributed by atoms with Crippen LogP contribution in [0.15, 0.2) is 0 Å². The first kappa shape index (κ1) is 15.0. The van der Waals surface area contributed by atoms with E-state index in [9.17, 15) is 4.79 Å². The normalized spacial score (nSPS) is 19.5. The van der Waals surface area contributed by atoms with E-state index in [1.54, 1.807) is 0 Å². The van der Waals surface area contributed by atoms with E-state index in [2.05, 4.69) is 15.9 Å². The number of hydrogen-bond donors (Lipinski definition) is 0. The van der Waals surface area contributed by atoms with Crippen LogP contribution in [0.3, 0.4) is 0 Å². The molecule has 3 nitrogen and oxygen atoms in total. The molecular formula is C13H24BrNO2. The average molecular weight is 306 g/mol. The lowest BCUT2D eigenvalue weighted by atomic mass is 10.1. The molecule has 0 aliphatic carbocycles. The van der Waals surface area contributed by atoms with Gasteiger partial charge in [0.25, 0.3) is 0 Å². The summed E-state index contributed by atoms with van der Waals surface area (Å²) < 4.78 is 5.52. The first-order chi connectivity index (χ1) is 8.24. The van der Waals surface area contributed by atoms with Crippen molar-refractivity contribution in [3.8, 4) is 0 Å². The summed E-state index contributed by atoms with van der Waals surface area (Å²) in [4.78, 5) is 13.7. The molecule has 0 aromatic heterocycles. The second kappa shape index (κ2) is 8.92. The third-order valence-electron chi connectivity index (χ3n) is 3.26. The fourth-order valence-corrected chi connectivity index (χ4v) is 2.49. The zero-order valence-corrected chi connectivity index (χ0v) is 12.4. The Morgan fingerprint density at radius 3 is 2.88 bits per heavy atom. The minimum absolute atomic E-state index is 0.263. The van der Waals surface area contributed by atoms with Gasteiger partial charge in [0.15, 0.2) is 0 Å². The number of hydrogen-bond acceptors (Lipinski definition) is 2. The molecule has 1 aliphatic heterocycles. The minimum Gasteiger partial charge on any atom is -0.378 e. The minimum atomic E-state index is 0.263. The molecule has 0 saturated carbocycles. The summed E-state index contributed by atoms with van der Waals surface area (Å²) in [6, 6.07) is 0. The summed E-state index contributed by atoms with van der Waals surface area (Å²) in [5, 5.41) is 1.06. The Kier molecular flexibility index (Phi) is 7.86. The van der Waals surface area contributed by atoms with E-state index in [0.29, 0.717) is 12.5 Å². The smallest absolute Gasteiger partial charge is 0.222 e. The van der Waals surface area contributed by atoms with Crippen LogP contribution in [0.4, 0.5) is 0 Å². The van der Waals surface area contributed by atoms with E-state index in [1.807, 2.05) is 11.9 Å². The zero-order valence-electron chi connectivity index (χ0n) is 10.8. The predicted molar refractivity (Wildman–Crippen MR) is 73.5 cm³/mol. The molecular weight excluding hydrogens is 282 g/mol. The molecule has 1 heterocycles. The van der Waals surface area contributed by atoms with Gasteiger partial charge in [-0.15, -0.1) is 0 Å². The largest absolute Gasteiger partial charge is 0.378 e. The van der Waals surface area contributed by atoms with Crippen LogP contribution >= 0.6 is 15.9 Å². The van der Waals surface area contributed by atoms with E-state index in [1.165, 1.54) is 12.8 Å². The topological polar surface area (TPSA) is 29.5 Å². The van der Waals surface area contributed by atoms with E-state index < -0.39 is 0 Å². The highest BCUT2D eigenvalue weighted by molar-refractivity contribution is 9.09. The van der Waals surface area contributed by atoms with Gasteiger partial charge in [0, 0.05) is 32.0 Å². The molecule has 0 N–H and O–H groups in total. The second-order valence-electron chi connectivity index (χ2n) is 4.74. The maximum absolute atomic E-state index is 11.8. The van der Waals surface area contributed by atoms with Crippen molar-refractivity contribution in [1.29, 1.82) is 0 Å². The first-order valence-electron chi connectivity index (χ1n) is 6.65. The van der Waals surface area contributed by atoms with Gasteiger partial charge in [-0.25, -0.2) is 0 Å². The zero-order chi connectivity index (χ0) is 12.5. The molecule has 4 heteroatoms. The third-order valence-corrected chi connectivity index (χ3v) is 3.82. The van der Waals surface area contributed by atoms with Gasteiger partial charge in [-0.2, -0.15) is 0 Å². The van der Waals surface area contributed by atoms with Gasteiger partial charge in [-0.3, -0.25) is 4.79 Å². The lowest BCUT2D eigenvalue weighted by Crippen LogP contribution is -2.28. The Balaban J connectivity index is 2.04. The Labute approximate surface area is 113 Å². The van der Waals surface area contributed by atoms with Crippen LogP contribution in [0.5, 0.6) is 0 Å². The van der Waals surface area contributed by atoms with Crippen molar-refractivity contribution in [2.75, 3.05) is 25.5 Å². The van der Waals surface area contributed by atoms with Crippen LogP contribution in [0.1, 0.15) is 44.9 Å². The summed E-state index contributed by atoms with van der Waals surface area (Å²) in [6.45, 7) is 1.76. The fourth-order valence-electron chi connectivity index (χ4n) is 2.09. The number of carbonyl (C=O) groups excluding carboxylic acids is 1. The lowest BCUT2D eigenvalue weighted by Gasteiger charge is -2.18. The number of unbranched alkanes of at least 4 members (excludes halogenated alkanes) is 2. The van der Waals surface area contributed by atoms with Crippen molar-refractivity contribution in [3.05, 3.63) is 0 Å². The molecule has 0 bridgehead atoms. The molecule has 17 heavy (non-hydrogen) atoms. The highest BCUT2D eigenvalue weighted by Gasteiger charge is 2.17. The van der Waals surface area contributed by atoms with Crippen LogP contribution in [0.25, 0.3) is 0 Å². The first-order valence-corrected chi connectivity index (χ1v) is 7.77. The van der Waals surface area contributed by atoms with Gasteiger partial charge in [0.1, 0.15) is 0 Å². The number of halogens is 1. The quantitative estimate of drug-likeness (QED) is 0.510. The number of alkyl halides is 1. The van der Waals surface area contributed by atoms with Crippen molar-refractivity contribution in [2.45, 2.75) is 51.0 Å². The summed E-state index contributed by atoms with van der Waals surface area (Å²) in [5.41, 5.74) is 0. The van der Waals surface area contributed by atoms with Crippen LogP contribution < -0.4 is 0 Å². The Hall–Kier alpha value is -0.0900. The molecule has 1 atom stereocenters. The molecule has 1 saturated heterocycles. The number of ether oxygens (including phenoxy) is 1. The third kappa shape index (κ3) is 6.41. The van der Waals surface area contributed by atoms with Gasteiger partial charge < -0.3 is 9.64 Å². The van der Waals surface area contributed by atoms with E-state index >= 15 is 0 Å². The highest BCUT2D eigenvalue weighted by Crippen LogP contribution is 2.17. The highest BCUT2D eigenvalue weighted by atomic mass is 79.9. The van der Waals surface area contributed by atoms with Crippen LogP contribution in [-0.4, -0.2) is 42.4 Å². The van der Waals surface area contributed by atoms with Crippen LogP contribution in [0.2, 0.25) is 0 Å². The maximum Gasteiger partial charge on any atom is 0.222 e. The lowest BCUT2D eigenvalue weighted by molar-refractivity contribution is -0.130. The maximum atomic E-state index is 11.8. The molecule has 1 amide bonds. The van der Waals surface area contributed by atoms with E-state index in [0.717, 1.165) is 44.2 Å². The predicted octanol–water partition coefficient (Wildman–Crippen LogP) is 2.97. The van der Waals surface area contributed by atoms with Gasteiger partial charge >= 0.3 is 0 Å². The summed E-state index contributed by atoms with van der Waals surface area (Å²) in [6.07, 6.45) is 7.63. The summed E-state index contributed by atoms with van der Waals surface area (Å²) in [5.74, 6) is 0.263. The molecule has 1 aliphatic rings. The molecule has 1 rings (SSSR count). The Bertz CT molecular complexity index is 217. The van der Waals surface area contributed by atoms with Crippen molar-refractivity contribution < 1.29 is 9.53 Å². The SMILES string of the molecule is CN(CCCCCBr)C(=O)CCC1CCCO1. The van der Waals surface area contributed by atoms with Gasteiger partial charge in [-0.05, 0) is 32.1 Å². The van der Waals surface area contributed by atoms with Crippen molar-refractivity contribution in [3.63, 3.8) is 0 Å². The number of rotatable bonds is 8. The molecule has 1 unspecified atom stereocenters. The van der Waals surface area contributed by atoms with Gasteiger partial charge in [-0.1, -0.05) is 22.4 Å². The standard InChI is InChI=1S/C13H24BrNO2/c1-15(10-4-2-3-9-14)13(16)8-7-12-6-5-11-17-12/h12H,2-11H2,1H3. The molecule has 0 aromatic carbocycles. The Morgan fingerprint density at radius 1 is 1.41 bits per heavy atom. The molecule has 100 valence electrons. The van der Waals surface area contributed by atoms with E-state index in [4.69, 9.17) is 4.74 Å². The monoisotopic (exact) mass is 305 g/mol. The van der Waals surface area contributed by atoms with Gasteiger partial charge in [0.2, 0.25) is 5.91 Å². The fraction of sp³-hybridized carbons (Fsp3) is 0.923. The Morgan fingerprint density at radius 2 is 2.24 bits per heavy atom. The summed E-state index contributed by atoms with van der Waals surface area (Å²) >= 11 is 3.41. The van der Waals surface area contributed by atoms with Crippen molar-refractivity contribution in [1.82, 2.24) is 4.90 Å². The molecule has 0 spiro atoms. The van der Waals surface area contributed by atoms with Crippen molar-refractivity contribution in [2.24, 2.45) is 0 Å². The molecule has 0 radical (unpaired) electrons. The molecule has 1 fully saturated rings. The van der Waals surface area contributed by atoms with Crippen LogP contribution in [-0.2, 0) is 9.53 Å². The summed E-state index contributed by atoms with van der Waals surface area (Å²) in [7, 11) is 1.91. The van der Waals surface area contributed by atoms with Crippen LogP contribution in [0, 0.1) is 0 Å². The van der Waals surface area contributed by atoms with E-state index in [-0.39, 0.29) is 5.91 Å². The van der Waals surface area contributed by atoms with Gasteiger partial charge in [0.05, 0.1) is 6.10 Å². The second-order valence-corrected chi connectivity index (χ2v) is 5.53. The van der Waals surface area contributed by atoms with Crippen molar-refractivity contribution >= 4 is 21.8 Å². The molecule has 0 aromatic rings. The number of carbonyl (C=O) groups is 1. The average Bonchev–Trinajstić information content (AvgIpc) is 2.84.